The van der Waals surface area contributed by atoms with Gasteiger partial charge in [-0.05, 0) is 42.1 Å². The number of hydrogen-bond acceptors (Lipinski definition) is 4. The van der Waals surface area contributed by atoms with Crippen LogP contribution >= 0.6 is 11.6 Å². The molecule has 6 nitrogen and oxygen atoms in total. The summed E-state index contributed by atoms with van der Waals surface area (Å²) in [5, 5.41) is 0.149. The van der Waals surface area contributed by atoms with Gasteiger partial charge in [0.05, 0.1) is 0 Å². The number of carbonyl (C=O) groups excluding carboxylic acids is 4. The van der Waals surface area contributed by atoms with Gasteiger partial charge in [-0.2, -0.15) is 8.78 Å². The number of amides is 3. The molecule has 2 aromatic carbocycles. The minimum atomic E-state index is -3.97. The molecular weight excluding hydrogens is 442 g/mol. The summed E-state index contributed by atoms with van der Waals surface area (Å²) in [5.74, 6) is -8.68. The highest BCUT2D eigenvalue weighted by atomic mass is 35.5. The Labute approximate surface area is 194 Å². The molecule has 2 aliphatic rings. The van der Waals surface area contributed by atoms with Gasteiger partial charge in [0.15, 0.2) is 1.41 Å². The van der Waals surface area contributed by atoms with Crippen LogP contribution in [0.2, 0.25) is 6.43 Å². The number of hydrogen-bond donors (Lipinski definition) is 1. The topological polar surface area (TPSA) is 83.6 Å². The lowest BCUT2D eigenvalue weighted by Crippen LogP contribution is -2.52. The Kier molecular flexibility index (Phi) is 4.34. The van der Waals surface area contributed by atoms with Gasteiger partial charge in [0.1, 0.15) is 6.04 Å². The SMILES string of the molecule is [2H]C1C(=O)N([2H])C(=O)C(N2Cc3cc(C([2H])([2H])CC(=O)C(F)(F)c4ccc(Cl)cc4)ccc3C2=O)C1[2H]. The number of nitrogens with zero attached hydrogens (tertiary/aromatic N) is 1. The molecule has 2 aliphatic heterocycles. The van der Waals surface area contributed by atoms with Crippen LogP contribution in [-0.4, -0.2) is 34.4 Å². The van der Waals surface area contributed by atoms with Crippen molar-refractivity contribution in [2.24, 2.45) is 0 Å². The van der Waals surface area contributed by atoms with E-state index in [9.17, 15) is 28.0 Å². The minimum absolute atomic E-state index is 0.0415. The lowest BCUT2D eigenvalue weighted by Gasteiger charge is -2.29. The van der Waals surface area contributed by atoms with E-state index in [2.05, 4.69) is 0 Å². The Bertz CT molecular complexity index is 1310. The van der Waals surface area contributed by atoms with E-state index in [0.29, 0.717) is 0 Å². The van der Waals surface area contributed by atoms with E-state index in [4.69, 9.17) is 18.5 Å². The van der Waals surface area contributed by atoms with Crippen molar-refractivity contribution >= 4 is 35.1 Å². The number of alkyl halides is 2. The number of fused-ring (bicyclic) bond motifs is 1. The van der Waals surface area contributed by atoms with Crippen LogP contribution in [0.1, 0.15) is 51.7 Å². The predicted molar refractivity (Wildman–Crippen MR) is 111 cm³/mol. The molecule has 3 unspecified atom stereocenters. The van der Waals surface area contributed by atoms with Crippen molar-refractivity contribution in [3.05, 3.63) is 69.7 Å². The summed E-state index contributed by atoms with van der Waals surface area (Å²) in [4.78, 5) is 50.6. The Morgan fingerprint density at radius 2 is 1.97 bits per heavy atom. The van der Waals surface area contributed by atoms with Crippen LogP contribution in [0.15, 0.2) is 42.5 Å². The van der Waals surface area contributed by atoms with Gasteiger partial charge in [-0.3, -0.25) is 24.5 Å². The van der Waals surface area contributed by atoms with Crippen molar-refractivity contribution in [2.75, 3.05) is 0 Å². The summed E-state index contributed by atoms with van der Waals surface area (Å²) < 4.78 is 69.4. The molecular formula is C23H19ClF2N2O4. The van der Waals surface area contributed by atoms with Gasteiger partial charge in [0.25, 0.3) is 5.91 Å². The number of carbonyl (C=O) groups is 4. The molecule has 32 heavy (non-hydrogen) atoms. The first kappa shape index (κ1) is 16.5. The Morgan fingerprint density at radius 1 is 1.25 bits per heavy atom. The van der Waals surface area contributed by atoms with Gasteiger partial charge in [-0.1, -0.05) is 35.9 Å². The second-order valence-corrected chi connectivity index (χ2v) is 7.69. The number of rotatable bonds is 6. The summed E-state index contributed by atoms with van der Waals surface area (Å²) in [5.41, 5.74) is -0.538. The molecule has 3 atom stereocenters. The van der Waals surface area contributed by atoms with Gasteiger partial charge in [0, 0.05) is 41.0 Å². The van der Waals surface area contributed by atoms with E-state index in [1.54, 1.807) is 0 Å². The van der Waals surface area contributed by atoms with Crippen molar-refractivity contribution in [1.82, 2.24) is 10.2 Å². The largest absolute Gasteiger partial charge is 0.330 e. The molecule has 2 aromatic rings. The van der Waals surface area contributed by atoms with Gasteiger partial charge < -0.3 is 4.90 Å². The molecule has 9 heteroatoms. The molecule has 166 valence electrons. The second-order valence-electron chi connectivity index (χ2n) is 7.26. The normalized spacial score (nSPS) is 26.2. The average molecular weight is 466 g/mol. The molecule has 1 saturated heterocycles. The number of halogens is 3. The third kappa shape index (κ3) is 4.14. The first-order chi connectivity index (χ1) is 17.2. The van der Waals surface area contributed by atoms with Crippen LogP contribution in [-0.2, 0) is 33.2 Å². The monoisotopic (exact) mass is 465 g/mol. The zero-order chi connectivity index (χ0) is 27.4. The number of piperidine rings is 1. The standard InChI is InChI=1S/C23H19ClF2N2O4/c24-16-5-3-15(4-6-16)23(25,26)19(29)9-2-13-1-7-17-14(11-13)12-28(22(17)32)18-8-10-20(30)27-21(18)31/h1,3-7,11,18H,2,8-10,12H2,(H,27,30,31)/i2D2,8D,10D/hD. The number of imide groups is 1. The predicted octanol–water partition coefficient (Wildman–Crippen LogP) is 3.39. The minimum Gasteiger partial charge on any atom is -0.322 e. The molecule has 0 aliphatic carbocycles. The lowest BCUT2D eigenvalue weighted by atomic mass is 9.97. The average Bonchev–Trinajstić information content (AvgIpc) is 3.17. The molecule has 4 rings (SSSR count). The van der Waals surface area contributed by atoms with E-state index in [1.165, 1.54) is 30.3 Å². The summed E-state index contributed by atoms with van der Waals surface area (Å²) in [7, 11) is 0. The van der Waals surface area contributed by atoms with E-state index < -0.39 is 66.6 Å². The molecule has 1 N–H and O–H groups in total. The van der Waals surface area contributed by atoms with Crippen LogP contribution in [0.25, 0.3) is 0 Å². The van der Waals surface area contributed by atoms with Crippen molar-refractivity contribution in [2.45, 2.75) is 44.1 Å². The molecule has 0 radical (unpaired) electrons. The van der Waals surface area contributed by atoms with Crippen molar-refractivity contribution in [1.29, 1.82) is 0 Å². The Hall–Kier alpha value is -3.13. The smallest absolute Gasteiger partial charge is 0.322 e. The maximum Gasteiger partial charge on any atom is 0.330 e. The van der Waals surface area contributed by atoms with E-state index >= 15 is 0 Å². The van der Waals surface area contributed by atoms with Gasteiger partial charge in [0.2, 0.25) is 17.6 Å². The van der Waals surface area contributed by atoms with Crippen LogP contribution in [0.4, 0.5) is 8.78 Å². The van der Waals surface area contributed by atoms with E-state index in [1.807, 2.05) is 0 Å². The Balaban J connectivity index is 1.57. The van der Waals surface area contributed by atoms with Crippen molar-refractivity contribution in [3.63, 3.8) is 0 Å². The summed E-state index contributed by atoms with van der Waals surface area (Å²) in [6.07, 6.45) is -7.12. The first-order valence-electron chi connectivity index (χ1n) is 12.1. The highest BCUT2D eigenvalue weighted by molar-refractivity contribution is 6.30. The van der Waals surface area contributed by atoms with E-state index in [-0.39, 0.29) is 33.6 Å². The zero-order valence-electron chi connectivity index (χ0n) is 21.3. The molecule has 2 heterocycles. The van der Waals surface area contributed by atoms with Crippen LogP contribution in [0.3, 0.4) is 0 Å². The summed E-state index contributed by atoms with van der Waals surface area (Å²) in [6.45, 7) is -0.298. The van der Waals surface area contributed by atoms with Crippen molar-refractivity contribution in [3.8, 4) is 0 Å². The van der Waals surface area contributed by atoms with Gasteiger partial charge in [-0.25, -0.2) is 0 Å². The molecule has 3 amide bonds. The lowest BCUT2D eigenvalue weighted by molar-refractivity contribution is -0.144. The molecule has 1 fully saturated rings. The third-order valence-electron chi connectivity index (χ3n) is 5.18. The van der Waals surface area contributed by atoms with Gasteiger partial charge >= 0.3 is 5.92 Å². The number of nitrogens with one attached hydrogen (secondary N) is 1. The van der Waals surface area contributed by atoms with Crippen LogP contribution < -0.4 is 5.31 Å². The summed E-state index contributed by atoms with van der Waals surface area (Å²) >= 11 is 5.70. The quantitative estimate of drug-likeness (QED) is 0.663. The van der Waals surface area contributed by atoms with E-state index in [0.717, 1.165) is 17.0 Å². The molecule has 0 aromatic heterocycles. The Morgan fingerprint density at radius 3 is 2.69 bits per heavy atom. The van der Waals surface area contributed by atoms with Crippen LogP contribution in [0.5, 0.6) is 0 Å². The highest BCUT2D eigenvalue weighted by Crippen LogP contribution is 2.32. The van der Waals surface area contributed by atoms with Gasteiger partial charge in [-0.15, -0.1) is 0 Å². The molecule has 0 spiro atoms. The van der Waals surface area contributed by atoms with Crippen molar-refractivity contribution < 1.29 is 34.9 Å². The maximum atomic E-state index is 14.7. The molecule has 0 saturated carbocycles. The van der Waals surface area contributed by atoms with Crippen LogP contribution in [0, 0.1) is 0 Å². The fraction of sp³-hybridized carbons (Fsp3) is 0.304. The number of Topliss-reactive ketones (excluding diaryl/α,β-unsaturated/α-hetero) is 1. The number of ketones is 1. The first-order valence-corrected chi connectivity index (χ1v) is 9.87. The number of benzene rings is 2. The fourth-order valence-corrected chi connectivity index (χ4v) is 3.62. The highest BCUT2D eigenvalue weighted by Gasteiger charge is 2.41. The maximum absolute atomic E-state index is 14.7. The fourth-order valence-electron chi connectivity index (χ4n) is 3.50. The number of aryl methyl sites for hydroxylation is 1. The summed E-state index contributed by atoms with van der Waals surface area (Å²) in [6, 6.07) is 6.35. The third-order valence-corrected chi connectivity index (χ3v) is 5.43. The second kappa shape index (κ2) is 8.43. The zero-order valence-corrected chi connectivity index (χ0v) is 17.1. The molecule has 0 bridgehead atoms.